The number of nitrogens with zero attached hydrogens (tertiary/aromatic N) is 5. The van der Waals surface area contributed by atoms with Crippen LogP contribution in [0.25, 0.3) is 28.0 Å². The molecule has 1 atom stereocenters. The lowest BCUT2D eigenvalue weighted by molar-refractivity contribution is 0.160. The maximum absolute atomic E-state index is 9.36. The number of rotatable bonds is 4. The Hall–Kier alpha value is -3.47. The van der Waals surface area contributed by atoms with Crippen LogP contribution in [-0.2, 0) is 0 Å². The molecule has 8 heteroatoms. The number of ether oxygens (including phenoxy) is 1. The van der Waals surface area contributed by atoms with Gasteiger partial charge in [0.1, 0.15) is 17.0 Å². The molecule has 5 rings (SSSR count). The molecule has 1 aliphatic rings. The number of benzene rings is 1. The predicted molar refractivity (Wildman–Crippen MR) is 123 cm³/mol. The number of nitriles is 1. The number of aromatic nitrogens is 4. The Morgan fingerprint density at radius 3 is 2.88 bits per heavy atom. The average molecular weight is 445 g/mol. The van der Waals surface area contributed by atoms with E-state index < -0.39 is 0 Å². The minimum Gasteiger partial charge on any atom is -0.473 e. The Balaban J connectivity index is 1.69. The first kappa shape index (κ1) is 20.4. The third-order valence-electron chi connectivity index (χ3n) is 5.47. The van der Waals surface area contributed by atoms with Gasteiger partial charge in [-0.25, -0.2) is 9.50 Å². The summed E-state index contributed by atoms with van der Waals surface area (Å²) >= 11 is 6.29. The van der Waals surface area contributed by atoms with E-state index in [0.717, 1.165) is 48.3 Å². The van der Waals surface area contributed by atoms with Crippen LogP contribution in [0.5, 0.6) is 5.88 Å². The number of hydrogen-bond donors (Lipinski definition) is 1. The van der Waals surface area contributed by atoms with Crippen LogP contribution in [0.1, 0.15) is 24.1 Å². The van der Waals surface area contributed by atoms with Gasteiger partial charge in [-0.1, -0.05) is 23.7 Å². The molecule has 0 radical (unpaired) electrons. The van der Waals surface area contributed by atoms with Crippen molar-refractivity contribution in [2.45, 2.75) is 25.9 Å². The van der Waals surface area contributed by atoms with Gasteiger partial charge in [-0.2, -0.15) is 15.3 Å². The van der Waals surface area contributed by atoms with E-state index >= 15 is 0 Å². The van der Waals surface area contributed by atoms with Gasteiger partial charge >= 0.3 is 0 Å². The lowest BCUT2D eigenvalue weighted by Crippen LogP contribution is -2.37. The number of pyridine rings is 1. The quantitative estimate of drug-likeness (QED) is 0.469. The molecule has 1 aromatic carbocycles. The fraction of sp³-hybridized carbons (Fsp3) is 0.250. The predicted octanol–water partition coefficient (Wildman–Crippen LogP) is 4.42. The molecular weight excluding hydrogens is 424 g/mol. The lowest BCUT2D eigenvalue weighted by atomic mass is 10.0. The van der Waals surface area contributed by atoms with E-state index in [2.05, 4.69) is 16.4 Å². The Morgan fingerprint density at radius 2 is 2.09 bits per heavy atom. The molecule has 1 N–H and O–H groups in total. The van der Waals surface area contributed by atoms with E-state index in [1.807, 2.05) is 49.5 Å². The van der Waals surface area contributed by atoms with Gasteiger partial charge in [0.2, 0.25) is 5.88 Å². The summed E-state index contributed by atoms with van der Waals surface area (Å²) in [5.41, 5.74) is 5.24. The van der Waals surface area contributed by atoms with Crippen molar-refractivity contribution in [3.63, 3.8) is 0 Å². The number of aryl methyl sites for hydroxylation is 1. The van der Waals surface area contributed by atoms with Crippen molar-refractivity contribution >= 4 is 17.2 Å². The van der Waals surface area contributed by atoms with Crippen molar-refractivity contribution < 1.29 is 4.74 Å². The highest BCUT2D eigenvalue weighted by Gasteiger charge is 2.21. The minimum atomic E-state index is 0.0921. The molecular formula is C24H21ClN6O. The number of halogens is 1. The van der Waals surface area contributed by atoms with E-state index in [0.29, 0.717) is 27.9 Å². The van der Waals surface area contributed by atoms with Gasteiger partial charge in [-0.3, -0.25) is 0 Å². The number of piperidine rings is 1. The van der Waals surface area contributed by atoms with Crippen molar-refractivity contribution in [1.82, 2.24) is 24.9 Å². The Kier molecular flexibility index (Phi) is 5.48. The van der Waals surface area contributed by atoms with Crippen LogP contribution in [0.2, 0.25) is 5.15 Å². The molecule has 0 amide bonds. The topological polar surface area (TPSA) is 88.1 Å². The van der Waals surface area contributed by atoms with Crippen molar-refractivity contribution in [3.8, 4) is 34.3 Å². The highest BCUT2D eigenvalue weighted by molar-refractivity contribution is 6.29. The van der Waals surface area contributed by atoms with Gasteiger partial charge in [-0.15, -0.1) is 0 Å². The molecule has 3 aromatic heterocycles. The molecule has 1 fully saturated rings. The lowest BCUT2D eigenvalue weighted by Gasteiger charge is -2.23. The number of hydrogen-bond acceptors (Lipinski definition) is 6. The highest BCUT2D eigenvalue weighted by atomic mass is 35.5. The van der Waals surface area contributed by atoms with Gasteiger partial charge in [0.05, 0.1) is 17.2 Å². The third-order valence-corrected chi connectivity index (χ3v) is 5.67. The zero-order valence-electron chi connectivity index (χ0n) is 17.5. The van der Waals surface area contributed by atoms with Crippen molar-refractivity contribution in [2.75, 3.05) is 13.1 Å². The van der Waals surface area contributed by atoms with Crippen LogP contribution in [0, 0.1) is 18.3 Å². The molecule has 0 bridgehead atoms. The van der Waals surface area contributed by atoms with Gasteiger partial charge in [-0.05, 0) is 56.1 Å². The van der Waals surface area contributed by atoms with Crippen molar-refractivity contribution in [3.05, 3.63) is 65.1 Å². The van der Waals surface area contributed by atoms with E-state index in [1.165, 1.54) is 0 Å². The zero-order valence-corrected chi connectivity index (χ0v) is 18.3. The molecule has 32 heavy (non-hydrogen) atoms. The molecule has 1 saturated heterocycles. The minimum absolute atomic E-state index is 0.0921. The van der Waals surface area contributed by atoms with Crippen molar-refractivity contribution in [2.24, 2.45) is 0 Å². The van der Waals surface area contributed by atoms with E-state index in [1.54, 1.807) is 10.6 Å². The molecule has 0 unspecified atom stereocenters. The van der Waals surface area contributed by atoms with Gasteiger partial charge < -0.3 is 10.1 Å². The van der Waals surface area contributed by atoms with Crippen LogP contribution in [0.3, 0.4) is 0 Å². The first-order valence-electron chi connectivity index (χ1n) is 10.5. The second kappa shape index (κ2) is 8.58. The first-order valence-corrected chi connectivity index (χ1v) is 10.9. The van der Waals surface area contributed by atoms with Crippen LogP contribution in [0.15, 0.2) is 48.7 Å². The van der Waals surface area contributed by atoms with Gasteiger partial charge in [0, 0.05) is 30.1 Å². The number of nitrogens with one attached hydrogen (secondary N) is 1. The maximum Gasteiger partial charge on any atom is 0.217 e. The molecule has 0 spiro atoms. The molecule has 0 aliphatic carbocycles. The summed E-state index contributed by atoms with van der Waals surface area (Å²) in [5, 5.41) is 17.9. The second-order valence-corrected chi connectivity index (χ2v) is 8.24. The fourth-order valence-electron chi connectivity index (χ4n) is 4.05. The normalized spacial score (nSPS) is 16.1. The van der Waals surface area contributed by atoms with E-state index in [4.69, 9.17) is 26.4 Å². The summed E-state index contributed by atoms with van der Waals surface area (Å²) < 4.78 is 7.89. The summed E-state index contributed by atoms with van der Waals surface area (Å²) in [4.78, 5) is 9.11. The second-order valence-electron chi connectivity index (χ2n) is 7.86. The molecule has 7 nitrogen and oxygen atoms in total. The summed E-state index contributed by atoms with van der Waals surface area (Å²) in [6, 6.07) is 15.2. The smallest absolute Gasteiger partial charge is 0.217 e. The fourth-order valence-corrected chi connectivity index (χ4v) is 4.30. The SMILES string of the molecule is Cc1cc(-c2c(-c3cccc(C#N)c3)nn3ccc(O[C@@H]4CCCNC4)nc23)cc(Cl)n1. The zero-order chi connectivity index (χ0) is 22.1. The number of fused-ring (bicyclic) bond motifs is 1. The summed E-state index contributed by atoms with van der Waals surface area (Å²) in [6.45, 7) is 3.73. The summed E-state index contributed by atoms with van der Waals surface area (Å²) in [7, 11) is 0. The summed E-state index contributed by atoms with van der Waals surface area (Å²) in [5.74, 6) is 0.557. The van der Waals surface area contributed by atoms with Crippen molar-refractivity contribution in [1.29, 1.82) is 5.26 Å². The van der Waals surface area contributed by atoms with Gasteiger partial charge in [0.15, 0.2) is 5.65 Å². The Morgan fingerprint density at radius 1 is 1.19 bits per heavy atom. The standard InChI is InChI=1S/C24H21ClN6O/c1-15-10-18(12-20(25)28-15)22-23(17-5-2-4-16(11-17)13-26)30-31-9-7-21(29-24(22)31)32-19-6-3-8-27-14-19/h2,4-5,7,9-12,19,27H,3,6,8,14H2,1H3/t19-/m1/s1. The Bertz CT molecular complexity index is 1320. The molecule has 4 heterocycles. The van der Waals surface area contributed by atoms with E-state index in [9.17, 15) is 5.26 Å². The third kappa shape index (κ3) is 4.03. The molecule has 4 aromatic rings. The molecule has 160 valence electrons. The summed E-state index contributed by atoms with van der Waals surface area (Å²) in [6.07, 6.45) is 4.02. The van der Waals surface area contributed by atoms with Gasteiger partial charge in [0.25, 0.3) is 0 Å². The van der Waals surface area contributed by atoms with Crippen LogP contribution in [-0.4, -0.2) is 38.8 Å². The van der Waals surface area contributed by atoms with Crippen LogP contribution in [0.4, 0.5) is 0 Å². The maximum atomic E-state index is 9.36. The monoisotopic (exact) mass is 444 g/mol. The molecule has 0 saturated carbocycles. The average Bonchev–Trinajstić information content (AvgIpc) is 3.18. The highest BCUT2D eigenvalue weighted by Crippen LogP contribution is 2.36. The van der Waals surface area contributed by atoms with Crippen LogP contribution < -0.4 is 10.1 Å². The molecule has 1 aliphatic heterocycles. The largest absolute Gasteiger partial charge is 0.473 e. The Labute approximate surface area is 190 Å². The van der Waals surface area contributed by atoms with E-state index in [-0.39, 0.29) is 6.10 Å². The van der Waals surface area contributed by atoms with Crippen LogP contribution >= 0.6 is 11.6 Å². The first-order chi connectivity index (χ1) is 15.6.